The Kier molecular flexibility index (Phi) is 4.33. The smallest absolute Gasteiger partial charge is 0.233 e. The number of ether oxygens (including phenoxy) is 2. The highest BCUT2D eigenvalue weighted by molar-refractivity contribution is 6.01. The fraction of sp³-hybridized carbons (Fsp3) is 0.381. The summed E-state index contributed by atoms with van der Waals surface area (Å²) in [5, 5.41) is 1.05. The Bertz CT molecular complexity index is 1030. The van der Waals surface area contributed by atoms with Crippen molar-refractivity contribution in [3.05, 3.63) is 42.5 Å². The van der Waals surface area contributed by atoms with E-state index in [1.165, 1.54) is 0 Å². The maximum atomic E-state index is 12.6. The summed E-state index contributed by atoms with van der Waals surface area (Å²) in [5.74, 6) is 0.355. The standard InChI is InChI=1S/C21H22N4O3/c1-27-17-4-13(11-28-12-17)10-25-19-6-16(8-23-18(19)7-20(25)26)15-5-14-2-3-22-21(14)24-9-15/h2-3,5-6,8-9,13,17H,4,7,10-12H2,1H3,(H,22,24)/t13-,17-/m0/s1. The van der Waals surface area contributed by atoms with Crippen molar-refractivity contribution in [2.75, 3.05) is 31.8 Å². The average molecular weight is 378 g/mol. The molecular formula is C21H22N4O3. The highest BCUT2D eigenvalue weighted by Crippen LogP contribution is 2.33. The second-order valence-electron chi connectivity index (χ2n) is 7.51. The topological polar surface area (TPSA) is 80.3 Å². The Morgan fingerprint density at radius 2 is 2.11 bits per heavy atom. The quantitative estimate of drug-likeness (QED) is 0.755. The van der Waals surface area contributed by atoms with Crippen molar-refractivity contribution in [1.82, 2.24) is 15.0 Å². The number of nitrogens with zero attached hydrogens (tertiary/aromatic N) is 3. The number of pyridine rings is 2. The monoisotopic (exact) mass is 378 g/mol. The van der Waals surface area contributed by atoms with E-state index in [0.717, 1.165) is 40.0 Å². The molecular weight excluding hydrogens is 356 g/mol. The average Bonchev–Trinajstić information content (AvgIpc) is 3.31. The minimum atomic E-state index is 0.0957. The predicted octanol–water partition coefficient (Wildman–Crippen LogP) is 2.57. The summed E-state index contributed by atoms with van der Waals surface area (Å²) in [6.07, 6.45) is 6.89. The molecule has 0 saturated carbocycles. The van der Waals surface area contributed by atoms with Crippen molar-refractivity contribution >= 4 is 22.6 Å². The molecule has 3 aromatic heterocycles. The van der Waals surface area contributed by atoms with Gasteiger partial charge in [0, 0.05) is 54.7 Å². The van der Waals surface area contributed by atoms with Gasteiger partial charge in [-0.3, -0.25) is 9.78 Å². The summed E-state index contributed by atoms with van der Waals surface area (Å²) in [6, 6.07) is 6.14. The van der Waals surface area contributed by atoms with Crippen molar-refractivity contribution < 1.29 is 14.3 Å². The van der Waals surface area contributed by atoms with Crippen LogP contribution in [0.4, 0.5) is 5.69 Å². The van der Waals surface area contributed by atoms with Gasteiger partial charge >= 0.3 is 0 Å². The molecule has 144 valence electrons. The molecule has 2 aliphatic rings. The molecule has 2 atom stereocenters. The Morgan fingerprint density at radius 3 is 3.00 bits per heavy atom. The molecule has 0 unspecified atom stereocenters. The van der Waals surface area contributed by atoms with E-state index in [4.69, 9.17) is 9.47 Å². The lowest BCUT2D eigenvalue weighted by atomic mass is 9.99. The SMILES string of the molecule is CO[C@@H]1COC[C@H](CN2C(=O)Cc3ncc(-c4cnc5[nH]ccc5c4)cc32)C1. The van der Waals surface area contributed by atoms with Gasteiger partial charge in [-0.15, -0.1) is 0 Å². The number of nitrogens with one attached hydrogen (secondary N) is 1. The largest absolute Gasteiger partial charge is 0.379 e. The first kappa shape index (κ1) is 17.3. The predicted molar refractivity (Wildman–Crippen MR) is 105 cm³/mol. The molecule has 0 aromatic carbocycles. The van der Waals surface area contributed by atoms with Gasteiger partial charge in [-0.05, 0) is 24.6 Å². The number of H-pyrrole nitrogens is 1. The van der Waals surface area contributed by atoms with Gasteiger partial charge in [0.25, 0.3) is 0 Å². The third-order valence-electron chi connectivity index (χ3n) is 5.62. The van der Waals surface area contributed by atoms with Gasteiger partial charge in [-0.1, -0.05) is 0 Å². The minimum absolute atomic E-state index is 0.0957. The van der Waals surface area contributed by atoms with Crippen LogP contribution in [0, 0.1) is 5.92 Å². The van der Waals surface area contributed by atoms with E-state index in [-0.39, 0.29) is 17.9 Å². The number of carbonyl (C=O) groups excluding carboxylic acids is 1. The molecule has 7 nitrogen and oxygen atoms in total. The number of hydrogen-bond acceptors (Lipinski definition) is 5. The van der Waals surface area contributed by atoms with Crippen LogP contribution in [0.15, 0.2) is 36.8 Å². The van der Waals surface area contributed by atoms with Gasteiger partial charge in [0.05, 0.1) is 37.1 Å². The van der Waals surface area contributed by atoms with Crippen LogP contribution in [0.2, 0.25) is 0 Å². The first-order valence-corrected chi connectivity index (χ1v) is 9.54. The molecule has 1 saturated heterocycles. The Labute approximate surface area is 162 Å². The summed E-state index contributed by atoms with van der Waals surface area (Å²) < 4.78 is 11.1. The number of aromatic nitrogens is 3. The van der Waals surface area contributed by atoms with Gasteiger partial charge in [0.1, 0.15) is 5.65 Å². The normalized spacial score (nSPS) is 22.0. The van der Waals surface area contributed by atoms with Gasteiger partial charge in [0.15, 0.2) is 0 Å². The Morgan fingerprint density at radius 1 is 1.25 bits per heavy atom. The van der Waals surface area contributed by atoms with E-state index < -0.39 is 0 Å². The lowest BCUT2D eigenvalue weighted by molar-refractivity contribution is -0.118. The number of rotatable bonds is 4. The Balaban J connectivity index is 1.43. The molecule has 28 heavy (non-hydrogen) atoms. The van der Waals surface area contributed by atoms with Gasteiger partial charge in [-0.25, -0.2) is 4.98 Å². The maximum absolute atomic E-state index is 12.6. The summed E-state index contributed by atoms with van der Waals surface area (Å²) >= 11 is 0. The molecule has 5 heterocycles. The van der Waals surface area contributed by atoms with Crippen LogP contribution in [0.1, 0.15) is 12.1 Å². The number of amides is 1. The minimum Gasteiger partial charge on any atom is -0.379 e. The number of fused-ring (bicyclic) bond motifs is 2. The van der Waals surface area contributed by atoms with Gasteiger partial charge in [0.2, 0.25) is 5.91 Å². The number of methoxy groups -OCH3 is 1. The van der Waals surface area contributed by atoms with Crippen LogP contribution in [0.3, 0.4) is 0 Å². The van der Waals surface area contributed by atoms with Gasteiger partial charge < -0.3 is 19.4 Å². The number of aromatic amines is 1. The van der Waals surface area contributed by atoms with Crippen LogP contribution in [0.5, 0.6) is 0 Å². The lowest BCUT2D eigenvalue weighted by Crippen LogP contribution is -2.39. The van der Waals surface area contributed by atoms with Crippen LogP contribution in [0.25, 0.3) is 22.2 Å². The zero-order valence-electron chi connectivity index (χ0n) is 15.7. The third kappa shape index (κ3) is 3.06. The highest BCUT2D eigenvalue weighted by atomic mass is 16.5. The van der Waals surface area contributed by atoms with Crippen molar-refractivity contribution in [2.45, 2.75) is 18.9 Å². The fourth-order valence-corrected chi connectivity index (χ4v) is 4.10. The highest BCUT2D eigenvalue weighted by Gasteiger charge is 2.33. The molecule has 0 radical (unpaired) electrons. The van der Waals surface area contributed by atoms with Crippen molar-refractivity contribution in [2.24, 2.45) is 5.92 Å². The molecule has 5 rings (SSSR count). The van der Waals surface area contributed by atoms with E-state index in [0.29, 0.717) is 26.2 Å². The van der Waals surface area contributed by atoms with Crippen molar-refractivity contribution in [1.29, 1.82) is 0 Å². The maximum Gasteiger partial charge on any atom is 0.233 e. The fourth-order valence-electron chi connectivity index (χ4n) is 4.10. The molecule has 1 N–H and O–H groups in total. The zero-order chi connectivity index (χ0) is 19.1. The van der Waals surface area contributed by atoms with Crippen LogP contribution < -0.4 is 4.90 Å². The van der Waals surface area contributed by atoms with Crippen molar-refractivity contribution in [3.8, 4) is 11.1 Å². The van der Waals surface area contributed by atoms with E-state index in [1.807, 2.05) is 29.6 Å². The first-order valence-electron chi connectivity index (χ1n) is 9.54. The van der Waals surface area contributed by atoms with Crippen LogP contribution >= 0.6 is 0 Å². The van der Waals surface area contributed by atoms with E-state index in [2.05, 4.69) is 27.1 Å². The molecule has 1 fully saturated rings. The zero-order valence-corrected chi connectivity index (χ0v) is 15.7. The molecule has 0 bridgehead atoms. The van der Waals surface area contributed by atoms with Crippen molar-refractivity contribution in [3.63, 3.8) is 0 Å². The molecule has 1 amide bonds. The van der Waals surface area contributed by atoms with Crippen LogP contribution in [-0.4, -0.2) is 53.8 Å². The molecule has 2 aliphatic heterocycles. The second-order valence-corrected chi connectivity index (χ2v) is 7.51. The Hall–Kier alpha value is -2.77. The van der Waals surface area contributed by atoms with E-state index >= 15 is 0 Å². The molecule has 0 aliphatic carbocycles. The van der Waals surface area contributed by atoms with E-state index in [9.17, 15) is 4.79 Å². The van der Waals surface area contributed by atoms with E-state index in [1.54, 1.807) is 7.11 Å². The summed E-state index contributed by atoms with van der Waals surface area (Å²) in [5.41, 5.74) is 4.55. The molecule has 3 aromatic rings. The number of hydrogen-bond donors (Lipinski definition) is 1. The van der Waals surface area contributed by atoms with Crippen LogP contribution in [-0.2, 0) is 20.7 Å². The van der Waals surface area contributed by atoms with Gasteiger partial charge in [-0.2, -0.15) is 0 Å². The number of anilines is 1. The summed E-state index contributed by atoms with van der Waals surface area (Å²) in [7, 11) is 1.71. The molecule has 0 spiro atoms. The second kappa shape index (κ2) is 7.00. The summed E-state index contributed by atoms with van der Waals surface area (Å²) in [4.78, 5) is 26.6. The third-order valence-corrected chi connectivity index (χ3v) is 5.62. The lowest BCUT2D eigenvalue weighted by Gasteiger charge is -2.31. The summed E-state index contributed by atoms with van der Waals surface area (Å²) in [6.45, 7) is 1.91. The first-order chi connectivity index (χ1) is 13.7. The molecule has 7 heteroatoms. The number of carbonyl (C=O) groups is 1.